The molecule has 0 heterocycles. The molecule has 1 amide bonds. The van der Waals surface area contributed by atoms with Crippen molar-refractivity contribution in [3.63, 3.8) is 0 Å². The van der Waals surface area contributed by atoms with Crippen LogP contribution in [0.4, 0.5) is 11.4 Å². The average molecular weight is 270 g/mol. The summed E-state index contributed by atoms with van der Waals surface area (Å²) in [7, 11) is 0. The van der Waals surface area contributed by atoms with Crippen molar-refractivity contribution < 1.29 is 9.53 Å². The van der Waals surface area contributed by atoms with Crippen molar-refractivity contribution in [2.45, 2.75) is 20.0 Å². The molecule has 0 fully saturated rings. The lowest BCUT2D eigenvalue weighted by molar-refractivity contribution is -0.122. The molecular weight excluding hydrogens is 252 g/mol. The summed E-state index contributed by atoms with van der Waals surface area (Å²) in [5.74, 6) is 0.478. The van der Waals surface area contributed by atoms with Gasteiger partial charge in [-0.05, 0) is 50.2 Å². The van der Waals surface area contributed by atoms with Crippen LogP contribution in [-0.2, 0) is 4.79 Å². The fourth-order valence-corrected chi connectivity index (χ4v) is 1.68. The molecule has 0 aromatic heterocycles. The maximum absolute atomic E-state index is 12.0. The molecule has 0 aliphatic rings. The summed E-state index contributed by atoms with van der Waals surface area (Å²) in [5.41, 5.74) is 8.10. The Morgan fingerprint density at radius 1 is 1.10 bits per heavy atom. The van der Waals surface area contributed by atoms with Gasteiger partial charge in [-0.1, -0.05) is 17.7 Å². The van der Waals surface area contributed by atoms with Crippen molar-refractivity contribution in [3.05, 3.63) is 54.1 Å². The molecule has 2 rings (SSSR count). The molecule has 20 heavy (non-hydrogen) atoms. The molecule has 0 saturated carbocycles. The minimum atomic E-state index is -0.574. The first-order valence-corrected chi connectivity index (χ1v) is 6.44. The van der Waals surface area contributed by atoms with Gasteiger partial charge in [0.1, 0.15) is 5.75 Å². The number of nitrogen functional groups attached to an aromatic ring is 1. The molecule has 4 heteroatoms. The molecule has 0 bridgehead atoms. The highest BCUT2D eigenvalue weighted by atomic mass is 16.5. The summed E-state index contributed by atoms with van der Waals surface area (Å²) in [6.45, 7) is 3.72. The largest absolute Gasteiger partial charge is 0.481 e. The monoisotopic (exact) mass is 270 g/mol. The number of nitrogens with one attached hydrogen (secondary N) is 1. The quantitative estimate of drug-likeness (QED) is 0.839. The molecule has 3 N–H and O–H groups in total. The summed E-state index contributed by atoms with van der Waals surface area (Å²) in [5, 5.41) is 2.78. The van der Waals surface area contributed by atoms with E-state index in [1.54, 1.807) is 31.2 Å². The number of ether oxygens (including phenoxy) is 1. The number of anilines is 2. The van der Waals surface area contributed by atoms with Crippen LogP contribution in [0.5, 0.6) is 5.75 Å². The average Bonchev–Trinajstić information content (AvgIpc) is 2.44. The Bertz CT molecular complexity index is 576. The first-order chi connectivity index (χ1) is 9.54. The SMILES string of the molecule is Cc1ccc(O[C@@H](C)C(=O)Nc2ccc(N)cc2)cc1. The molecule has 2 aromatic carbocycles. The van der Waals surface area contributed by atoms with Crippen molar-refractivity contribution in [3.8, 4) is 5.75 Å². The van der Waals surface area contributed by atoms with Crippen LogP contribution in [0.3, 0.4) is 0 Å². The number of carbonyl (C=O) groups is 1. The first kappa shape index (κ1) is 13.9. The zero-order valence-electron chi connectivity index (χ0n) is 11.6. The topological polar surface area (TPSA) is 64.3 Å². The van der Waals surface area contributed by atoms with E-state index in [1.807, 2.05) is 31.2 Å². The molecule has 1 atom stereocenters. The second-order valence-corrected chi connectivity index (χ2v) is 4.68. The van der Waals surface area contributed by atoms with E-state index in [0.29, 0.717) is 17.1 Å². The van der Waals surface area contributed by atoms with E-state index < -0.39 is 6.10 Å². The molecule has 0 saturated heterocycles. The lowest BCUT2D eigenvalue weighted by Crippen LogP contribution is -2.30. The Kier molecular flexibility index (Phi) is 4.25. The normalized spacial score (nSPS) is 11.7. The molecule has 0 aliphatic carbocycles. The van der Waals surface area contributed by atoms with Crippen molar-refractivity contribution in [2.24, 2.45) is 0 Å². The number of aryl methyl sites for hydroxylation is 1. The van der Waals surface area contributed by atoms with E-state index in [1.165, 1.54) is 0 Å². The van der Waals surface area contributed by atoms with Gasteiger partial charge in [0.2, 0.25) is 0 Å². The summed E-state index contributed by atoms with van der Waals surface area (Å²) in [4.78, 5) is 12.0. The minimum absolute atomic E-state index is 0.199. The van der Waals surface area contributed by atoms with Crippen molar-refractivity contribution in [1.82, 2.24) is 0 Å². The summed E-state index contributed by atoms with van der Waals surface area (Å²) in [6, 6.07) is 14.6. The van der Waals surface area contributed by atoms with E-state index in [-0.39, 0.29) is 5.91 Å². The number of amides is 1. The van der Waals surface area contributed by atoms with Gasteiger partial charge < -0.3 is 15.8 Å². The highest BCUT2D eigenvalue weighted by molar-refractivity contribution is 5.94. The first-order valence-electron chi connectivity index (χ1n) is 6.44. The van der Waals surface area contributed by atoms with Crippen molar-refractivity contribution in [1.29, 1.82) is 0 Å². The number of carbonyl (C=O) groups excluding carboxylic acids is 1. The van der Waals surface area contributed by atoms with Crippen LogP contribution in [0.1, 0.15) is 12.5 Å². The highest BCUT2D eigenvalue weighted by Crippen LogP contribution is 2.15. The van der Waals surface area contributed by atoms with Crippen LogP contribution in [0.15, 0.2) is 48.5 Å². The number of hydrogen-bond acceptors (Lipinski definition) is 3. The molecule has 0 radical (unpaired) electrons. The predicted molar refractivity (Wildman–Crippen MR) is 80.8 cm³/mol. The fraction of sp³-hybridized carbons (Fsp3) is 0.188. The lowest BCUT2D eigenvalue weighted by Gasteiger charge is -2.15. The third-order valence-corrected chi connectivity index (χ3v) is 2.88. The highest BCUT2D eigenvalue weighted by Gasteiger charge is 2.14. The van der Waals surface area contributed by atoms with E-state index in [0.717, 1.165) is 5.56 Å². The molecular formula is C16H18N2O2. The molecule has 2 aromatic rings. The molecule has 4 nitrogen and oxygen atoms in total. The van der Waals surface area contributed by atoms with E-state index in [9.17, 15) is 4.79 Å². The Hall–Kier alpha value is -2.49. The third kappa shape index (κ3) is 3.75. The molecule has 104 valence electrons. The second-order valence-electron chi connectivity index (χ2n) is 4.68. The van der Waals surface area contributed by atoms with E-state index in [2.05, 4.69) is 5.32 Å². The Labute approximate surface area is 118 Å². The number of rotatable bonds is 4. The third-order valence-electron chi connectivity index (χ3n) is 2.88. The van der Waals surface area contributed by atoms with Gasteiger partial charge in [-0.25, -0.2) is 0 Å². The standard InChI is InChI=1S/C16H18N2O2/c1-11-3-9-15(10-4-11)20-12(2)16(19)18-14-7-5-13(17)6-8-14/h3-10,12H,17H2,1-2H3,(H,18,19)/t12-/m0/s1. The van der Waals surface area contributed by atoms with Gasteiger partial charge in [0.25, 0.3) is 5.91 Å². The van der Waals surface area contributed by atoms with Crippen LogP contribution in [0, 0.1) is 6.92 Å². The van der Waals surface area contributed by atoms with Gasteiger partial charge in [-0.15, -0.1) is 0 Å². The van der Waals surface area contributed by atoms with Gasteiger partial charge in [0.05, 0.1) is 0 Å². The van der Waals surface area contributed by atoms with Crippen LogP contribution >= 0.6 is 0 Å². The molecule has 0 unspecified atom stereocenters. The molecule has 0 aliphatic heterocycles. The van der Waals surface area contributed by atoms with Crippen LogP contribution in [0.25, 0.3) is 0 Å². The van der Waals surface area contributed by atoms with Crippen LogP contribution in [0.2, 0.25) is 0 Å². The van der Waals surface area contributed by atoms with Gasteiger partial charge >= 0.3 is 0 Å². The van der Waals surface area contributed by atoms with E-state index >= 15 is 0 Å². The van der Waals surface area contributed by atoms with Gasteiger partial charge in [-0.2, -0.15) is 0 Å². The van der Waals surface area contributed by atoms with Crippen LogP contribution in [-0.4, -0.2) is 12.0 Å². The van der Waals surface area contributed by atoms with Gasteiger partial charge in [-0.3, -0.25) is 4.79 Å². The number of benzene rings is 2. The summed E-state index contributed by atoms with van der Waals surface area (Å²) >= 11 is 0. The fourth-order valence-electron chi connectivity index (χ4n) is 1.68. The van der Waals surface area contributed by atoms with Crippen molar-refractivity contribution >= 4 is 17.3 Å². The molecule has 0 spiro atoms. The Morgan fingerprint density at radius 3 is 2.30 bits per heavy atom. The zero-order valence-corrected chi connectivity index (χ0v) is 11.6. The van der Waals surface area contributed by atoms with Gasteiger partial charge in [0.15, 0.2) is 6.10 Å². The maximum Gasteiger partial charge on any atom is 0.265 e. The Morgan fingerprint density at radius 2 is 1.70 bits per heavy atom. The van der Waals surface area contributed by atoms with Crippen molar-refractivity contribution in [2.75, 3.05) is 11.1 Å². The second kappa shape index (κ2) is 6.10. The zero-order chi connectivity index (χ0) is 14.5. The minimum Gasteiger partial charge on any atom is -0.481 e. The number of nitrogens with two attached hydrogens (primary N) is 1. The summed E-state index contributed by atoms with van der Waals surface area (Å²) < 4.78 is 5.59. The Balaban J connectivity index is 1.94. The smallest absolute Gasteiger partial charge is 0.265 e. The summed E-state index contributed by atoms with van der Waals surface area (Å²) in [6.07, 6.45) is -0.574. The number of hydrogen-bond donors (Lipinski definition) is 2. The van der Waals surface area contributed by atoms with E-state index in [4.69, 9.17) is 10.5 Å². The van der Waals surface area contributed by atoms with Gasteiger partial charge in [0, 0.05) is 11.4 Å². The lowest BCUT2D eigenvalue weighted by atomic mass is 10.2. The van der Waals surface area contributed by atoms with Crippen LogP contribution < -0.4 is 15.8 Å². The predicted octanol–water partition coefficient (Wildman–Crippen LogP) is 2.98. The maximum atomic E-state index is 12.0.